The number of aliphatic hydroxyl groups is 7. The van der Waals surface area contributed by atoms with Crippen LogP contribution in [0.25, 0.3) is 0 Å². The number of hydrogen-bond donors (Lipinski definition) is 8. The molecule has 2 saturated heterocycles. The number of nitrogens with two attached hydrogens (primary N) is 1. The van der Waals surface area contributed by atoms with Crippen LogP contribution in [0, 0.1) is 0 Å². The van der Waals surface area contributed by atoms with E-state index in [2.05, 4.69) is 0 Å². The fraction of sp³-hybridized carbons (Fsp3) is 0.929. The van der Waals surface area contributed by atoms with Crippen LogP contribution < -0.4 is 5.73 Å². The van der Waals surface area contributed by atoms with Crippen LogP contribution in [0.4, 0.5) is 0 Å². The number of hydrogen-bond acceptors (Lipinski definition) is 13. The van der Waals surface area contributed by atoms with E-state index in [1.807, 2.05) is 0 Å². The molecule has 0 aromatic heterocycles. The second-order valence-electron chi connectivity index (χ2n) is 6.23. The first-order chi connectivity index (χ1) is 12.7. The van der Waals surface area contributed by atoms with Gasteiger partial charge >= 0.3 is 5.97 Å². The summed E-state index contributed by atoms with van der Waals surface area (Å²) in [7, 11) is 0. The fourth-order valence-electron chi connectivity index (χ4n) is 2.94. The van der Waals surface area contributed by atoms with Crippen LogP contribution in [-0.2, 0) is 23.7 Å². The lowest BCUT2D eigenvalue weighted by Crippen LogP contribution is -2.63. The summed E-state index contributed by atoms with van der Waals surface area (Å²) in [5.74, 6) is -3.28. The van der Waals surface area contributed by atoms with E-state index in [-0.39, 0.29) is 0 Å². The van der Waals surface area contributed by atoms with Crippen LogP contribution in [0.15, 0.2) is 0 Å². The summed E-state index contributed by atoms with van der Waals surface area (Å²) in [5, 5.41) is 68.4. The molecular formula is C14H25NO12. The number of ether oxygens (including phenoxy) is 4. The van der Waals surface area contributed by atoms with Crippen LogP contribution in [0.2, 0.25) is 0 Å². The van der Waals surface area contributed by atoms with E-state index >= 15 is 0 Å². The van der Waals surface area contributed by atoms with Gasteiger partial charge in [-0.2, -0.15) is 0 Å². The van der Waals surface area contributed by atoms with Crippen molar-refractivity contribution in [2.45, 2.75) is 54.8 Å². The zero-order valence-electron chi connectivity index (χ0n) is 14.2. The molecule has 2 rings (SSSR count). The van der Waals surface area contributed by atoms with E-state index in [1.54, 1.807) is 0 Å². The van der Waals surface area contributed by atoms with Gasteiger partial charge in [0.1, 0.15) is 43.2 Å². The topological polar surface area (TPSA) is 222 Å². The Balaban J connectivity index is 2.28. The summed E-state index contributed by atoms with van der Waals surface area (Å²) in [4.78, 5) is 11.5. The molecule has 0 bridgehead atoms. The fourth-order valence-corrected chi connectivity index (χ4v) is 2.94. The third kappa shape index (κ3) is 4.23. The second kappa shape index (κ2) is 9.02. The molecule has 2 fully saturated rings. The molecule has 0 aromatic carbocycles. The molecule has 2 aliphatic heterocycles. The minimum atomic E-state index is -2.30. The van der Waals surface area contributed by atoms with Gasteiger partial charge in [0, 0.05) is 0 Å². The average Bonchev–Trinajstić information content (AvgIpc) is 2.92. The van der Waals surface area contributed by atoms with E-state index in [4.69, 9.17) is 24.7 Å². The van der Waals surface area contributed by atoms with E-state index in [0.717, 1.165) is 0 Å². The van der Waals surface area contributed by atoms with Gasteiger partial charge < -0.3 is 60.4 Å². The highest BCUT2D eigenvalue weighted by molar-refractivity contribution is 5.71. The van der Waals surface area contributed by atoms with Crippen LogP contribution in [0.3, 0.4) is 0 Å². The lowest BCUT2D eigenvalue weighted by atomic mass is 9.98. The Labute approximate surface area is 153 Å². The van der Waals surface area contributed by atoms with Gasteiger partial charge in [0.15, 0.2) is 6.10 Å². The molecule has 0 aliphatic carbocycles. The molecule has 158 valence electrons. The molecule has 9 atom stereocenters. The van der Waals surface area contributed by atoms with E-state index in [0.29, 0.717) is 0 Å². The lowest BCUT2D eigenvalue weighted by Gasteiger charge is -2.44. The van der Waals surface area contributed by atoms with Crippen molar-refractivity contribution in [3.8, 4) is 0 Å². The third-order valence-electron chi connectivity index (χ3n) is 4.48. The Morgan fingerprint density at radius 2 is 1.63 bits per heavy atom. The highest BCUT2D eigenvalue weighted by atomic mass is 16.8. The molecule has 0 amide bonds. The Bertz CT molecular complexity index is 508. The predicted octanol–water partition coefficient (Wildman–Crippen LogP) is -5.89. The first-order valence-electron chi connectivity index (χ1n) is 8.20. The molecule has 13 heteroatoms. The van der Waals surface area contributed by atoms with E-state index in [9.17, 15) is 40.5 Å². The van der Waals surface area contributed by atoms with E-state index < -0.39 is 87.1 Å². The molecule has 0 spiro atoms. The standard InChI is InChI=1S/C14H25NO12/c15-1-7(19)25-11-10(22)8(20)5(2-16)24-13(11)27-14(4-18)12(23)9(21)6(3-17)26-14/h5-6,8-13,16-18,20-23H,1-4,15H2/t5-,6-,8-,9-,10+,11-,12+,13-,14+/m1/s1. The first-order valence-corrected chi connectivity index (χ1v) is 8.20. The van der Waals surface area contributed by atoms with Crippen molar-refractivity contribution in [2.75, 3.05) is 26.4 Å². The molecular weight excluding hydrogens is 374 g/mol. The number of rotatable bonds is 7. The third-order valence-corrected chi connectivity index (χ3v) is 4.48. The zero-order chi connectivity index (χ0) is 20.4. The minimum Gasteiger partial charge on any atom is -0.453 e. The number of aliphatic hydroxyl groups excluding tert-OH is 7. The maximum atomic E-state index is 11.5. The Hall–Kier alpha value is -0.970. The van der Waals surface area contributed by atoms with Gasteiger partial charge in [0.05, 0.1) is 19.8 Å². The van der Waals surface area contributed by atoms with Gasteiger partial charge in [0.25, 0.3) is 0 Å². The largest absolute Gasteiger partial charge is 0.453 e. The van der Waals surface area contributed by atoms with Crippen LogP contribution in [0.1, 0.15) is 0 Å². The van der Waals surface area contributed by atoms with Crippen molar-refractivity contribution in [2.24, 2.45) is 5.73 Å². The number of carbonyl (C=O) groups is 1. The van der Waals surface area contributed by atoms with Gasteiger partial charge in [-0.25, -0.2) is 0 Å². The quantitative estimate of drug-likeness (QED) is 0.187. The molecule has 0 aromatic rings. The molecule has 0 radical (unpaired) electrons. The van der Waals surface area contributed by atoms with Gasteiger partial charge in [-0.15, -0.1) is 0 Å². The number of esters is 1. The van der Waals surface area contributed by atoms with Crippen molar-refractivity contribution >= 4 is 5.97 Å². The predicted molar refractivity (Wildman–Crippen MR) is 81.6 cm³/mol. The van der Waals surface area contributed by atoms with Crippen molar-refractivity contribution in [3.63, 3.8) is 0 Å². The molecule has 2 aliphatic rings. The van der Waals surface area contributed by atoms with Crippen LogP contribution in [0.5, 0.6) is 0 Å². The summed E-state index contributed by atoms with van der Waals surface area (Å²) >= 11 is 0. The van der Waals surface area contributed by atoms with E-state index in [1.165, 1.54) is 0 Å². The van der Waals surface area contributed by atoms with Gasteiger partial charge in [-0.3, -0.25) is 4.79 Å². The molecule has 0 unspecified atom stereocenters. The van der Waals surface area contributed by atoms with Gasteiger partial charge in [-0.1, -0.05) is 0 Å². The zero-order valence-corrected chi connectivity index (χ0v) is 14.2. The van der Waals surface area contributed by atoms with Crippen molar-refractivity contribution in [3.05, 3.63) is 0 Å². The summed E-state index contributed by atoms with van der Waals surface area (Å²) < 4.78 is 20.8. The molecule has 9 N–H and O–H groups in total. The maximum absolute atomic E-state index is 11.5. The van der Waals surface area contributed by atoms with Gasteiger partial charge in [0.2, 0.25) is 12.1 Å². The Morgan fingerprint density at radius 3 is 2.11 bits per heavy atom. The highest BCUT2D eigenvalue weighted by Gasteiger charge is 2.59. The summed E-state index contributed by atoms with van der Waals surface area (Å²) in [6, 6.07) is 0. The molecule has 0 saturated carbocycles. The van der Waals surface area contributed by atoms with Gasteiger partial charge in [-0.05, 0) is 0 Å². The Morgan fingerprint density at radius 1 is 1.00 bits per heavy atom. The monoisotopic (exact) mass is 399 g/mol. The maximum Gasteiger partial charge on any atom is 0.320 e. The van der Waals surface area contributed by atoms with Crippen LogP contribution in [-0.4, -0.2) is 123 Å². The summed E-state index contributed by atoms with van der Waals surface area (Å²) in [6.07, 6.45) is -12.9. The van der Waals surface area contributed by atoms with Crippen LogP contribution >= 0.6 is 0 Å². The average molecular weight is 399 g/mol. The molecule has 27 heavy (non-hydrogen) atoms. The normalized spacial score (nSPS) is 45.0. The first kappa shape index (κ1) is 22.3. The molecule has 2 heterocycles. The molecule has 13 nitrogen and oxygen atoms in total. The Kier molecular flexibility index (Phi) is 7.46. The summed E-state index contributed by atoms with van der Waals surface area (Å²) in [5.41, 5.74) is 5.15. The summed E-state index contributed by atoms with van der Waals surface area (Å²) in [6.45, 7) is -3.03. The van der Waals surface area contributed by atoms with Crippen molar-refractivity contribution in [1.82, 2.24) is 0 Å². The highest BCUT2D eigenvalue weighted by Crippen LogP contribution is 2.36. The van der Waals surface area contributed by atoms with Crippen molar-refractivity contribution < 1.29 is 59.5 Å². The smallest absolute Gasteiger partial charge is 0.320 e. The van der Waals surface area contributed by atoms with Crippen molar-refractivity contribution in [1.29, 1.82) is 0 Å². The minimum absolute atomic E-state index is 0.564. The number of carbonyl (C=O) groups excluding carboxylic acids is 1. The lowest BCUT2D eigenvalue weighted by molar-refractivity contribution is -0.383. The second-order valence-corrected chi connectivity index (χ2v) is 6.23. The SMILES string of the molecule is NCC(=O)O[C@H]1[C@@H](O[C@]2(CO)O[C@H](CO)[C@@H](O)[C@@H]2O)O[C@H](CO)[C@@H](O)[C@@H]1O.